The predicted molar refractivity (Wildman–Crippen MR) is 122 cm³/mol. The van der Waals surface area contributed by atoms with Crippen LogP contribution in [-0.4, -0.2) is 37.9 Å². The summed E-state index contributed by atoms with van der Waals surface area (Å²) in [6.45, 7) is 7.73. The highest BCUT2D eigenvalue weighted by Crippen LogP contribution is 2.21. The zero-order valence-electron chi connectivity index (χ0n) is 18.4. The molecule has 0 fully saturated rings. The van der Waals surface area contributed by atoms with Crippen LogP contribution in [0.25, 0.3) is 5.82 Å². The SMILES string of the molecule is Cc1nn(-c2ccc(Nc3ccc(NS(=O)(=O)c4cn(C)c(C)n4)cc3)nn2)c(C)c1C. The highest BCUT2D eigenvalue weighted by Gasteiger charge is 2.18. The summed E-state index contributed by atoms with van der Waals surface area (Å²) in [6, 6.07) is 10.5. The molecule has 1 aromatic carbocycles. The maximum atomic E-state index is 12.5. The number of hydrogen-bond donors (Lipinski definition) is 2. The van der Waals surface area contributed by atoms with Crippen LogP contribution in [0.2, 0.25) is 0 Å². The lowest BCUT2D eigenvalue weighted by Gasteiger charge is -2.09. The van der Waals surface area contributed by atoms with Gasteiger partial charge in [-0.25, -0.2) is 9.67 Å². The second-order valence-corrected chi connectivity index (χ2v) is 9.16. The number of aromatic nitrogens is 6. The summed E-state index contributed by atoms with van der Waals surface area (Å²) in [6.07, 6.45) is 1.48. The van der Waals surface area contributed by atoms with Crippen molar-refractivity contribution in [3.05, 3.63) is 65.4 Å². The molecular formula is C21H24N8O2S. The van der Waals surface area contributed by atoms with Gasteiger partial charge in [-0.3, -0.25) is 4.72 Å². The molecule has 0 saturated heterocycles. The molecule has 0 bridgehead atoms. The maximum absolute atomic E-state index is 12.5. The fraction of sp³-hybridized carbons (Fsp3) is 0.238. The van der Waals surface area contributed by atoms with Crippen LogP contribution in [0.5, 0.6) is 0 Å². The van der Waals surface area contributed by atoms with Crippen LogP contribution in [-0.2, 0) is 17.1 Å². The average Bonchev–Trinajstić information content (AvgIpc) is 3.24. The van der Waals surface area contributed by atoms with E-state index in [-0.39, 0.29) is 5.03 Å². The van der Waals surface area contributed by atoms with E-state index >= 15 is 0 Å². The minimum Gasteiger partial charge on any atom is -0.339 e. The van der Waals surface area contributed by atoms with E-state index in [1.54, 1.807) is 47.5 Å². The van der Waals surface area contributed by atoms with Crippen molar-refractivity contribution in [3.8, 4) is 5.82 Å². The van der Waals surface area contributed by atoms with Crippen LogP contribution in [0, 0.1) is 27.7 Å². The van der Waals surface area contributed by atoms with Gasteiger partial charge in [0.2, 0.25) is 0 Å². The van der Waals surface area contributed by atoms with Crippen LogP contribution in [0.4, 0.5) is 17.2 Å². The van der Waals surface area contributed by atoms with Gasteiger partial charge < -0.3 is 9.88 Å². The molecule has 0 unspecified atom stereocenters. The summed E-state index contributed by atoms with van der Waals surface area (Å²) in [5, 5.41) is 16.1. The van der Waals surface area contributed by atoms with Gasteiger partial charge in [0.05, 0.1) is 5.69 Å². The van der Waals surface area contributed by atoms with Crippen molar-refractivity contribution >= 4 is 27.2 Å². The summed E-state index contributed by atoms with van der Waals surface area (Å²) in [5.74, 6) is 1.81. The topological polar surface area (TPSA) is 120 Å². The summed E-state index contributed by atoms with van der Waals surface area (Å²) < 4.78 is 31.0. The third kappa shape index (κ3) is 4.19. The van der Waals surface area contributed by atoms with E-state index in [0.717, 1.165) is 22.6 Å². The Kier molecular flexibility index (Phi) is 5.43. The highest BCUT2D eigenvalue weighted by molar-refractivity contribution is 7.92. The zero-order valence-corrected chi connectivity index (χ0v) is 19.3. The van der Waals surface area contributed by atoms with E-state index in [1.165, 1.54) is 6.20 Å². The molecule has 3 aromatic heterocycles. The van der Waals surface area contributed by atoms with E-state index in [2.05, 4.69) is 30.3 Å². The first-order chi connectivity index (χ1) is 15.1. The molecule has 0 amide bonds. The lowest BCUT2D eigenvalue weighted by atomic mass is 10.2. The van der Waals surface area contributed by atoms with Crippen LogP contribution >= 0.6 is 0 Å². The lowest BCUT2D eigenvalue weighted by Crippen LogP contribution is -2.13. The molecule has 0 spiro atoms. The van der Waals surface area contributed by atoms with E-state index < -0.39 is 10.0 Å². The van der Waals surface area contributed by atoms with E-state index in [4.69, 9.17) is 0 Å². The summed E-state index contributed by atoms with van der Waals surface area (Å²) in [4.78, 5) is 4.07. The number of benzene rings is 1. The second kappa shape index (κ2) is 8.08. The maximum Gasteiger partial charge on any atom is 0.280 e. The van der Waals surface area contributed by atoms with Crippen LogP contribution in [0.1, 0.15) is 22.8 Å². The summed E-state index contributed by atoms with van der Waals surface area (Å²) in [5.41, 5.74) is 4.28. The number of rotatable bonds is 6. The Morgan fingerprint density at radius 3 is 2.12 bits per heavy atom. The molecule has 0 aliphatic heterocycles. The molecule has 10 nitrogen and oxygen atoms in total. The number of hydrogen-bond acceptors (Lipinski definition) is 7. The fourth-order valence-electron chi connectivity index (χ4n) is 3.08. The zero-order chi connectivity index (χ0) is 23.0. The molecule has 4 rings (SSSR count). The number of nitrogens with zero attached hydrogens (tertiary/aromatic N) is 6. The Bertz CT molecular complexity index is 1350. The fourth-order valence-corrected chi connectivity index (χ4v) is 4.18. The summed E-state index contributed by atoms with van der Waals surface area (Å²) in [7, 11) is -2.01. The molecule has 32 heavy (non-hydrogen) atoms. The molecule has 2 N–H and O–H groups in total. The predicted octanol–water partition coefficient (Wildman–Crippen LogP) is 3.17. The van der Waals surface area contributed by atoms with Crippen molar-refractivity contribution in [2.75, 3.05) is 10.0 Å². The quantitative estimate of drug-likeness (QED) is 0.461. The number of anilines is 3. The molecule has 11 heteroatoms. The Balaban J connectivity index is 1.45. The van der Waals surface area contributed by atoms with Crippen LogP contribution in [0.15, 0.2) is 47.6 Å². The van der Waals surface area contributed by atoms with Gasteiger partial charge in [0, 0.05) is 30.3 Å². The highest BCUT2D eigenvalue weighted by atomic mass is 32.2. The van der Waals surface area contributed by atoms with Crippen molar-refractivity contribution in [1.82, 2.24) is 29.5 Å². The third-order valence-corrected chi connectivity index (χ3v) is 6.54. The first-order valence-corrected chi connectivity index (χ1v) is 11.4. The van der Waals surface area contributed by atoms with Gasteiger partial charge in [-0.15, -0.1) is 10.2 Å². The van der Waals surface area contributed by atoms with E-state index in [1.807, 2.05) is 32.9 Å². The number of aryl methyl sites for hydroxylation is 3. The van der Waals surface area contributed by atoms with Crippen molar-refractivity contribution in [3.63, 3.8) is 0 Å². The lowest BCUT2D eigenvalue weighted by molar-refractivity contribution is 0.598. The van der Waals surface area contributed by atoms with Gasteiger partial charge >= 0.3 is 0 Å². The number of nitrogens with one attached hydrogen (secondary N) is 2. The Labute approximate surface area is 186 Å². The normalized spacial score (nSPS) is 11.5. The standard InChI is InChI=1S/C21H24N8O2S/c1-13-14(2)26-29(15(13)3)20-11-10-19(24-25-20)23-17-6-8-18(9-7-17)27-32(30,31)21-12-28(5)16(4)22-21/h6-12,27H,1-5H3,(H,23,24). The van der Waals surface area contributed by atoms with Gasteiger partial charge in [-0.2, -0.15) is 13.5 Å². The minimum absolute atomic E-state index is 0.0205. The molecule has 0 aliphatic carbocycles. The molecule has 3 heterocycles. The first kappa shape index (κ1) is 21.5. The Hall–Kier alpha value is -3.73. The largest absolute Gasteiger partial charge is 0.339 e. The average molecular weight is 453 g/mol. The Morgan fingerprint density at radius 2 is 1.59 bits per heavy atom. The molecule has 0 radical (unpaired) electrons. The summed E-state index contributed by atoms with van der Waals surface area (Å²) >= 11 is 0. The second-order valence-electron chi connectivity index (χ2n) is 7.53. The van der Waals surface area contributed by atoms with Gasteiger partial charge in [0.1, 0.15) is 5.82 Å². The van der Waals surface area contributed by atoms with Gasteiger partial charge in [0.25, 0.3) is 10.0 Å². The molecule has 0 aliphatic rings. The monoisotopic (exact) mass is 452 g/mol. The van der Waals surface area contributed by atoms with Gasteiger partial charge in [-0.1, -0.05) is 0 Å². The molecule has 166 valence electrons. The van der Waals surface area contributed by atoms with Crippen LogP contribution < -0.4 is 10.0 Å². The van der Waals surface area contributed by atoms with Crippen LogP contribution in [0.3, 0.4) is 0 Å². The number of sulfonamides is 1. The van der Waals surface area contributed by atoms with Crippen molar-refractivity contribution in [1.29, 1.82) is 0 Å². The van der Waals surface area contributed by atoms with E-state index in [0.29, 0.717) is 23.1 Å². The van der Waals surface area contributed by atoms with Crippen molar-refractivity contribution < 1.29 is 8.42 Å². The first-order valence-electron chi connectivity index (χ1n) is 9.91. The third-order valence-electron chi connectivity index (χ3n) is 5.29. The van der Waals surface area contributed by atoms with E-state index in [9.17, 15) is 8.42 Å². The smallest absolute Gasteiger partial charge is 0.280 e. The van der Waals surface area contributed by atoms with Crippen molar-refractivity contribution in [2.24, 2.45) is 7.05 Å². The Morgan fingerprint density at radius 1 is 0.906 bits per heavy atom. The minimum atomic E-state index is -3.76. The molecule has 0 atom stereocenters. The van der Waals surface area contributed by atoms with Gasteiger partial charge in [0.15, 0.2) is 16.7 Å². The molecule has 4 aromatic rings. The molecule has 0 saturated carbocycles. The van der Waals surface area contributed by atoms with Crippen molar-refractivity contribution in [2.45, 2.75) is 32.7 Å². The number of imidazole rings is 1. The molecular weight excluding hydrogens is 428 g/mol. The van der Waals surface area contributed by atoms with Gasteiger partial charge in [-0.05, 0) is 69.7 Å².